The molecule has 1 N–H and O–H groups in total. The number of carboxylic acid groups (broad SMARTS) is 1. The van der Waals surface area contributed by atoms with E-state index in [0.29, 0.717) is 5.56 Å². The monoisotopic (exact) mass is 232 g/mol. The van der Waals surface area contributed by atoms with Crippen molar-refractivity contribution in [3.8, 4) is 0 Å². The maximum Gasteiger partial charge on any atom is 0.255 e. The van der Waals surface area contributed by atoms with Gasteiger partial charge in [0.25, 0.3) is 5.91 Å². The standard InChI is InChI=1S/C13H15NO3/c1-9(2)8-11(13(16)17)14-12(15)10-6-4-3-5-7-10/h3-9H,1-2H3,(H,14,15)(H,16,17)/p-1/b11-8-. The fraction of sp³-hybridized carbons (Fsp3) is 0.231. The molecule has 0 unspecified atom stereocenters. The highest BCUT2D eigenvalue weighted by Gasteiger charge is 2.08. The molecule has 0 aliphatic rings. The van der Waals surface area contributed by atoms with E-state index < -0.39 is 11.9 Å². The molecule has 0 aliphatic heterocycles. The van der Waals surface area contributed by atoms with Gasteiger partial charge in [-0.1, -0.05) is 38.1 Å². The lowest BCUT2D eigenvalue weighted by Crippen LogP contribution is -2.36. The van der Waals surface area contributed by atoms with E-state index in [1.807, 2.05) is 13.8 Å². The molecule has 0 radical (unpaired) electrons. The zero-order valence-corrected chi connectivity index (χ0v) is 9.77. The number of aliphatic carboxylic acids is 1. The third-order valence-electron chi connectivity index (χ3n) is 2.00. The molecule has 1 aromatic rings. The SMILES string of the molecule is CC(C)/C=C(\NC(=O)c1ccccc1)C(=O)[O-]. The van der Waals surface area contributed by atoms with Gasteiger partial charge >= 0.3 is 0 Å². The average Bonchev–Trinajstić information content (AvgIpc) is 2.28. The van der Waals surface area contributed by atoms with Crippen molar-refractivity contribution in [2.24, 2.45) is 5.92 Å². The lowest BCUT2D eigenvalue weighted by Gasteiger charge is -2.12. The van der Waals surface area contributed by atoms with Crippen molar-refractivity contribution in [3.05, 3.63) is 47.7 Å². The van der Waals surface area contributed by atoms with Gasteiger partial charge in [0.1, 0.15) is 0 Å². The predicted molar refractivity (Wildman–Crippen MR) is 61.8 cm³/mol. The summed E-state index contributed by atoms with van der Waals surface area (Å²) in [6.45, 7) is 3.63. The maximum atomic E-state index is 11.7. The van der Waals surface area contributed by atoms with Gasteiger partial charge in [0.05, 0.1) is 11.7 Å². The molecule has 90 valence electrons. The summed E-state index contributed by atoms with van der Waals surface area (Å²) in [6.07, 6.45) is 1.44. The van der Waals surface area contributed by atoms with Crippen LogP contribution in [0.3, 0.4) is 0 Å². The number of carbonyl (C=O) groups excluding carboxylic acids is 2. The number of amides is 1. The van der Waals surface area contributed by atoms with Gasteiger partial charge in [-0.05, 0) is 18.1 Å². The first-order valence-electron chi connectivity index (χ1n) is 5.30. The first-order chi connectivity index (χ1) is 8.00. The first-order valence-corrected chi connectivity index (χ1v) is 5.30. The molecule has 0 aliphatic carbocycles. The molecular weight excluding hydrogens is 218 g/mol. The largest absolute Gasteiger partial charge is 0.543 e. The van der Waals surface area contributed by atoms with E-state index in [-0.39, 0.29) is 11.6 Å². The lowest BCUT2D eigenvalue weighted by atomic mass is 10.1. The van der Waals surface area contributed by atoms with Crippen LogP contribution in [0.25, 0.3) is 0 Å². The number of benzene rings is 1. The molecule has 0 atom stereocenters. The molecule has 0 aromatic heterocycles. The summed E-state index contributed by atoms with van der Waals surface area (Å²) in [5.41, 5.74) is 0.206. The van der Waals surface area contributed by atoms with Crippen LogP contribution < -0.4 is 10.4 Å². The molecular formula is C13H14NO3-. The van der Waals surface area contributed by atoms with Gasteiger partial charge in [0.2, 0.25) is 0 Å². The second-order valence-corrected chi connectivity index (χ2v) is 3.93. The number of rotatable bonds is 4. The van der Waals surface area contributed by atoms with Crippen molar-refractivity contribution in [1.29, 1.82) is 0 Å². The molecule has 0 saturated heterocycles. The lowest BCUT2D eigenvalue weighted by molar-refractivity contribution is -0.299. The highest BCUT2D eigenvalue weighted by Crippen LogP contribution is 2.02. The van der Waals surface area contributed by atoms with Gasteiger partial charge in [0, 0.05) is 5.56 Å². The van der Waals surface area contributed by atoms with Crippen molar-refractivity contribution in [1.82, 2.24) is 5.32 Å². The van der Waals surface area contributed by atoms with E-state index >= 15 is 0 Å². The summed E-state index contributed by atoms with van der Waals surface area (Å²) in [4.78, 5) is 22.5. The molecule has 0 fully saturated rings. The Labute approximate surface area is 100.0 Å². The third kappa shape index (κ3) is 4.10. The second-order valence-electron chi connectivity index (χ2n) is 3.93. The Kier molecular flexibility index (Phi) is 4.46. The van der Waals surface area contributed by atoms with Gasteiger partial charge in [-0.2, -0.15) is 0 Å². The molecule has 0 bridgehead atoms. The van der Waals surface area contributed by atoms with E-state index in [2.05, 4.69) is 5.32 Å². The van der Waals surface area contributed by atoms with Crippen LogP contribution in [-0.2, 0) is 4.79 Å². The Morgan fingerprint density at radius 1 is 1.24 bits per heavy atom. The summed E-state index contributed by atoms with van der Waals surface area (Å²) in [6, 6.07) is 8.41. The summed E-state index contributed by atoms with van der Waals surface area (Å²) in [5, 5.41) is 13.1. The topological polar surface area (TPSA) is 69.2 Å². The Hall–Kier alpha value is -2.10. The minimum absolute atomic E-state index is 0.0129. The van der Waals surface area contributed by atoms with Crippen LogP contribution in [0.2, 0.25) is 0 Å². The van der Waals surface area contributed by atoms with Crippen LogP contribution in [0.5, 0.6) is 0 Å². The first kappa shape index (κ1) is 13.0. The van der Waals surface area contributed by atoms with Crippen LogP contribution in [0, 0.1) is 5.92 Å². The molecule has 1 rings (SSSR count). The normalized spacial score (nSPS) is 11.4. The molecule has 0 spiro atoms. The van der Waals surface area contributed by atoms with Crippen LogP contribution in [0.1, 0.15) is 24.2 Å². The Morgan fingerprint density at radius 2 is 1.82 bits per heavy atom. The predicted octanol–water partition coefficient (Wildman–Crippen LogP) is 0.706. The van der Waals surface area contributed by atoms with Crippen LogP contribution >= 0.6 is 0 Å². The Morgan fingerprint density at radius 3 is 2.29 bits per heavy atom. The minimum Gasteiger partial charge on any atom is -0.543 e. The molecule has 4 nitrogen and oxygen atoms in total. The zero-order valence-electron chi connectivity index (χ0n) is 9.77. The van der Waals surface area contributed by atoms with E-state index in [1.54, 1.807) is 30.3 Å². The molecule has 0 saturated carbocycles. The summed E-state index contributed by atoms with van der Waals surface area (Å²) < 4.78 is 0. The van der Waals surface area contributed by atoms with Crippen molar-refractivity contribution in [2.45, 2.75) is 13.8 Å². The van der Waals surface area contributed by atoms with Crippen LogP contribution in [0.4, 0.5) is 0 Å². The highest BCUT2D eigenvalue weighted by molar-refractivity contribution is 6.00. The number of allylic oxidation sites excluding steroid dienone is 1. The molecule has 1 aromatic carbocycles. The van der Waals surface area contributed by atoms with Crippen molar-refractivity contribution >= 4 is 11.9 Å². The molecule has 17 heavy (non-hydrogen) atoms. The Bertz CT molecular complexity index is 435. The fourth-order valence-electron chi connectivity index (χ4n) is 1.28. The third-order valence-corrected chi connectivity index (χ3v) is 2.00. The zero-order chi connectivity index (χ0) is 12.8. The Balaban J connectivity index is 2.83. The van der Waals surface area contributed by atoms with Crippen molar-refractivity contribution in [2.75, 3.05) is 0 Å². The van der Waals surface area contributed by atoms with E-state index in [1.165, 1.54) is 6.08 Å². The second kappa shape index (κ2) is 5.84. The number of carboxylic acids is 1. The molecule has 1 amide bonds. The van der Waals surface area contributed by atoms with Crippen molar-refractivity contribution in [3.63, 3.8) is 0 Å². The van der Waals surface area contributed by atoms with Gasteiger partial charge in [-0.25, -0.2) is 0 Å². The minimum atomic E-state index is -1.39. The van der Waals surface area contributed by atoms with Crippen LogP contribution in [-0.4, -0.2) is 11.9 Å². The average molecular weight is 232 g/mol. The highest BCUT2D eigenvalue weighted by atomic mass is 16.4. The van der Waals surface area contributed by atoms with E-state index in [0.717, 1.165) is 0 Å². The quantitative estimate of drug-likeness (QED) is 0.777. The molecule has 4 heteroatoms. The number of hydrogen-bond donors (Lipinski definition) is 1. The van der Waals surface area contributed by atoms with E-state index in [9.17, 15) is 14.7 Å². The maximum absolute atomic E-state index is 11.7. The number of carbonyl (C=O) groups is 2. The number of hydrogen-bond acceptors (Lipinski definition) is 3. The number of nitrogens with one attached hydrogen (secondary N) is 1. The van der Waals surface area contributed by atoms with Crippen molar-refractivity contribution < 1.29 is 14.7 Å². The summed E-state index contributed by atoms with van der Waals surface area (Å²) in [7, 11) is 0. The van der Waals surface area contributed by atoms with Gasteiger partial charge in [-0.3, -0.25) is 4.79 Å². The fourth-order valence-corrected chi connectivity index (χ4v) is 1.28. The molecule has 0 heterocycles. The van der Waals surface area contributed by atoms with E-state index in [4.69, 9.17) is 0 Å². The summed E-state index contributed by atoms with van der Waals surface area (Å²) >= 11 is 0. The van der Waals surface area contributed by atoms with Gasteiger partial charge in [-0.15, -0.1) is 0 Å². The van der Waals surface area contributed by atoms with Crippen LogP contribution in [0.15, 0.2) is 42.1 Å². The van der Waals surface area contributed by atoms with Gasteiger partial charge in [0.15, 0.2) is 0 Å². The summed E-state index contributed by atoms with van der Waals surface area (Å²) in [5.74, 6) is -1.83. The smallest absolute Gasteiger partial charge is 0.255 e. The van der Waals surface area contributed by atoms with Gasteiger partial charge < -0.3 is 15.2 Å².